The van der Waals surface area contributed by atoms with Crippen molar-refractivity contribution in [2.75, 3.05) is 7.05 Å². The third kappa shape index (κ3) is 1.96. The van der Waals surface area contributed by atoms with Crippen LogP contribution in [0.3, 0.4) is 0 Å². The van der Waals surface area contributed by atoms with Crippen LogP contribution >= 0.6 is 11.8 Å². The van der Waals surface area contributed by atoms with Crippen molar-refractivity contribution in [3.63, 3.8) is 0 Å². The Kier molecular flexibility index (Phi) is 2.64. The molecule has 0 aromatic heterocycles. The summed E-state index contributed by atoms with van der Waals surface area (Å²) >= 11 is 1.91. The molecule has 0 aromatic rings. The molecule has 1 aliphatic heterocycles. The smallest absolute Gasteiger partial charge is 0.100 e. The second kappa shape index (κ2) is 3.89. The molecule has 2 aliphatic carbocycles. The molecule has 2 fully saturated rings. The lowest BCUT2D eigenvalue weighted by molar-refractivity contribution is 0.288. The summed E-state index contributed by atoms with van der Waals surface area (Å²) in [4.78, 5) is 0. The number of hydrazone groups is 1. The Balaban J connectivity index is 1.48. The summed E-state index contributed by atoms with van der Waals surface area (Å²) in [7, 11) is 2.06. The summed E-state index contributed by atoms with van der Waals surface area (Å²) in [6, 6.07) is 1.79. The summed E-state index contributed by atoms with van der Waals surface area (Å²) in [5.74, 6) is 0.675. The molecule has 0 aromatic carbocycles. The summed E-state index contributed by atoms with van der Waals surface area (Å²) in [5.41, 5.74) is 5.78. The molecule has 0 bridgehead atoms. The fraction of sp³-hybridized carbons (Fsp3) is 0.909. The van der Waals surface area contributed by atoms with Gasteiger partial charge < -0.3 is 11.1 Å². The molecular formula is C11H20N4S. The molecule has 0 amide bonds. The molecule has 3 N–H and O–H groups in total. The van der Waals surface area contributed by atoms with Gasteiger partial charge in [-0.3, -0.25) is 5.01 Å². The topological polar surface area (TPSA) is 53.6 Å². The number of nitrogens with zero attached hydrogens (tertiary/aromatic N) is 2. The first kappa shape index (κ1) is 10.9. The fourth-order valence-corrected chi connectivity index (χ4v) is 3.59. The average Bonchev–Trinajstić information content (AvgIpc) is 2.86. The van der Waals surface area contributed by atoms with Gasteiger partial charge >= 0.3 is 0 Å². The molecule has 3 aliphatic rings. The minimum Gasteiger partial charge on any atom is -0.328 e. The first-order valence-electron chi connectivity index (χ1n) is 6.13. The largest absolute Gasteiger partial charge is 0.328 e. The van der Waals surface area contributed by atoms with Crippen LogP contribution in [-0.4, -0.2) is 40.6 Å². The number of nitrogens with two attached hydrogens (primary N) is 1. The minimum atomic E-state index is 0.444. The van der Waals surface area contributed by atoms with E-state index in [0.29, 0.717) is 29.4 Å². The van der Waals surface area contributed by atoms with E-state index < -0.39 is 0 Å². The standard InChI is InChI=1S/C11H20N4S/c1-6-15(2)14-11(16-6)9-5-10(9)13-8-3-7(12)4-8/h6-10,13H,3-5,12H2,1-2H3. The first-order valence-corrected chi connectivity index (χ1v) is 7.01. The van der Waals surface area contributed by atoms with Gasteiger partial charge in [-0.2, -0.15) is 5.10 Å². The maximum Gasteiger partial charge on any atom is 0.100 e. The lowest BCUT2D eigenvalue weighted by Crippen LogP contribution is -2.49. The molecule has 3 atom stereocenters. The summed E-state index contributed by atoms with van der Waals surface area (Å²) in [6.45, 7) is 2.21. The van der Waals surface area contributed by atoms with Gasteiger partial charge in [0, 0.05) is 31.1 Å². The van der Waals surface area contributed by atoms with E-state index in [2.05, 4.69) is 29.4 Å². The Morgan fingerprint density at radius 2 is 2.19 bits per heavy atom. The third-order valence-electron chi connectivity index (χ3n) is 3.81. The molecule has 2 saturated carbocycles. The molecule has 90 valence electrons. The first-order chi connectivity index (χ1) is 7.63. The van der Waals surface area contributed by atoms with Crippen LogP contribution in [0, 0.1) is 5.92 Å². The van der Waals surface area contributed by atoms with Gasteiger partial charge in [0.25, 0.3) is 0 Å². The molecule has 1 heterocycles. The Morgan fingerprint density at radius 3 is 2.75 bits per heavy atom. The number of hydrogen-bond donors (Lipinski definition) is 2. The van der Waals surface area contributed by atoms with Crippen molar-refractivity contribution >= 4 is 16.8 Å². The lowest BCUT2D eigenvalue weighted by Gasteiger charge is -2.33. The maximum absolute atomic E-state index is 5.78. The quantitative estimate of drug-likeness (QED) is 0.766. The highest BCUT2D eigenvalue weighted by molar-refractivity contribution is 8.14. The Hall–Kier alpha value is -0.260. The van der Waals surface area contributed by atoms with Crippen molar-refractivity contribution in [2.45, 2.75) is 49.7 Å². The predicted molar refractivity (Wildman–Crippen MR) is 68.3 cm³/mol. The van der Waals surface area contributed by atoms with E-state index in [9.17, 15) is 0 Å². The molecule has 4 nitrogen and oxygen atoms in total. The zero-order valence-electron chi connectivity index (χ0n) is 9.89. The molecular weight excluding hydrogens is 220 g/mol. The van der Waals surface area contributed by atoms with E-state index in [0.717, 1.165) is 12.8 Å². The van der Waals surface area contributed by atoms with Crippen LogP contribution in [0.15, 0.2) is 5.10 Å². The van der Waals surface area contributed by atoms with Crippen molar-refractivity contribution in [3.8, 4) is 0 Å². The van der Waals surface area contributed by atoms with Crippen LogP contribution in [0.25, 0.3) is 0 Å². The Morgan fingerprint density at radius 1 is 1.44 bits per heavy atom. The summed E-state index contributed by atoms with van der Waals surface area (Å²) < 4.78 is 0. The van der Waals surface area contributed by atoms with Crippen LogP contribution < -0.4 is 11.1 Å². The lowest BCUT2D eigenvalue weighted by atomic mass is 9.87. The molecule has 3 unspecified atom stereocenters. The highest BCUT2D eigenvalue weighted by atomic mass is 32.2. The average molecular weight is 240 g/mol. The van der Waals surface area contributed by atoms with Crippen LogP contribution in [0.5, 0.6) is 0 Å². The van der Waals surface area contributed by atoms with E-state index in [1.54, 1.807) is 0 Å². The minimum absolute atomic E-state index is 0.444. The fourth-order valence-electron chi connectivity index (χ4n) is 2.43. The second-order valence-corrected chi connectivity index (χ2v) is 6.61. The van der Waals surface area contributed by atoms with Gasteiger partial charge in [-0.05, 0) is 26.2 Å². The highest BCUT2D eigenvalue weighted by Crippen LogP contribution is 2.41. The second-order valence-electron chi connectivity index (χ2n) is 5.27. The number of rotatable bonds is 3. The number of thioether (sulfide) groups is 1. The monoisotopic (exact) mass is 240 g/mol. The third-order valence-corrected chi connectivity index (χ3v) is 5.08. The zero-order chi connectivity index (χ0) is 11.3. The van der Waals surface area contributed by atoms with Crippen molar-refractivity contribution < 1.29 is 0 Å². The van der Waals surface area contributed by atoms with Gasteiger partial charge in [0.05, 0.1) is 5.37 Å². The van der Waals surface area contributed by atoms with Gasteiger partial charge in [-0.25, -0.2) is 0 Å². The Labute approximate surface area is 101 Å². The maximum atomic E-state index is 5.78. The Bertz CT molecular complexity index is 313. The normalized spacial score (nSPS) is 46.6. The molecule has 3 rings (SSSR count). The SMILES string of the molecule is CC1SC(C2CC2NC2CC(N)C2)=NN1C. The van der Waals surface area contributed by atoms with Gasteiger partial charge in [0.15, 0.2) is 0 Å². The summed E-state index contributed by atoms with van der Waals surface area (Å²) in [6.07, 6.45) is 3.57. The van der Waals surface area contributed by atoms with Crippen LogP contribution in [0.4, 0.5) is 0 Å². The van der Waals surface area contributed by atoms with Crippen molar-refractivity contribution in [2.24, 2.45) is 16.8 Å². The molecule has 5 heteroatoms. The van der Waals surface area contributed by atoms with Crippen molar-refractivity contribution in [3.05, 3.63) is 0 Å². The van der Waals surface area contributed by atoms with Crippen LogP contribution in [-0.2, 0) is 0 Å². The van der Waals surface area contributed by atoms with Gasteiger partial charge in [-0.1, -0.05) is 11.8 Å². The number of hydrogen-bond acceptors (Lipinski definition) is 5. The highest BCUT2D eigenvalue weighted by Gasteiger charge is 2.46. The molecule has 0 radical (unpaired) electrons. The van der Waals surface area contributed by atoms with E-state index in [1.807, 2.05) is 11.8 Å². The van der Waals surface area contributed by atoms with Gasteiger partial charge in [-0.15, -0.1) is 0 Å². The molecule has 0 spiro atoms. The van der Waals surface area contributed by atoms with Crippen molar-refractivity contribution in [1.82, 2.24) is 10.3 Å². The molecule has 16 heavy (non-hydrogen) atoms. The van der Waals surface area contributed by atoms with E-state index in [-0.39, 0.29) is 0 Å². The predicted octanol–water partition coefficient (Wildman–Crippen LogP) is 0.792. The van der Waals surface area contributed by atoms with Crippen LogP contribution in [0.1, 0.15) is 26.2 Å². The van der Waals surface area contributed by atoms with Crippen molar-refractivity contribution in [1.29, 1.82) is 0 Å². The van der Waals surface area contributed by atoms with Crippen LogP contribution in [0.2, 0.25) is 0 Å². The van der Waals surface area contributed by atoms with Gasteiger partial charge in [0.2, 0.25) is 0 Å². The molecule has 0 saturated heterocycles. The van der Waals surface area contributed by atoms with E-state index >= 15 is 0 Å². The van der Waals surface area contributed by atoms with E-state index in [1.165, 1.54) is 11.5 Å². The van der Waals surface area contributed by atoms with E-state index in [4.69, 9.17) is 5.73 Å². The van der Waals surface area contributed by atoms with Gasteiger partial charge in [0.1, 0.15) is 5.04 Å². The number of nitrogens with one attached hydrogen (secondary N) is 1. The summed E-state index contributed by atoms with van der Waals surface area (Å²) in [5, 5.41) is 12.2. The zero-order valence-corrected chi connectivity index (χ0v) is 10.7.